The fourth-order valence-corrected chi connectivity index (χ4v) is 4.06. The molecule has 22 heteroatoms. The van der Waals surface area contributed by atoms with Gasteiger partial charge in [0.05, 0.1) is 42.1 Å². The number of carbonyl (C=O) groups excluding carboxylic acids is 7. The number of alkyl carbamates (subject to hydrolysis) is 3. The van der Waals surface area contributed by atoms with Crippen molar-refractivity contribution < 1.29 is 76.9 Å². The van der Waals surface area contributed by atoms with Crippen LogP contribution in [-0.2, 0) is 23.9 Å². The summed E-state index contributed by atoms with van der Waals surface area (Å²) in [4.78, 5) is 88.6. The lowest BCUT2D eigenvalue weighted by Crippen LogP contribution is -2.37. The molecule has 0 saturated carbocycles. The Balaban J connectivity index is 0. The SMILES string of the molecule is C.CC(C)(C)OC(=O)NCCO.CC(C)(C)OC(=O)NCCON.CC(C)(C)OC(=O)NCCON1C(=O)c2ccccc2C1=O.FF.O=C1c2ccccc2C(=O)N1O. The summed E-state index contributed by atoms with van der Waals surface area (Å²) < 4.78 is 30.9. The highest BCUT2D eigenvalue weighted by atomic mass is 20.0. The summed E-state index contributed by atoms with van der Waals surface area (Å²) in [6, 6.07) is 12.8. The van der Waals surface area contributed by atoms with Crippen LogP contribution in [0.25, 0.3) is 0 Å². The van der Waals surface area contributed by atoms with E-state index in [-0.39, 0.29) is 56.5 Å². The standard InChI is InChI=1S/C15H18N2O5.C8H5NO3.C7H16N2O3.C7H15NO3.CH4.F2/c1-15(2,3)22-14(20)16-8-9-21-17-12(18)10-6-4-5-7-11(10)13(17)19;10-7-5-3-1-2-4-6(5)8(11)9(7)12;1-7(2,3)12-6(10)9-4-5-11-8;1-7(2,3)11-6(10)8-4-5-9;;1-2/h4-7H,8-9H2,1-3H3,(H,16,20);1-4,12H;4-5,8H2,1-3H3,(H,9,10);9H,4-5H2,1-3H3,(H,8,10);1H4;. The molecule has 0 spiro atoms. The highest BCUT2D eigenvalue weighted by Gasteiger charge is 2.36. The predicted molar refractivity (Wildman–Crippen MR) is 211 cm³/mol. The zero-order chi connectivity index (χ0) is 45.6. The van der Waals surface area contributed by atoms with Crippen LogP contribution in [-0.4, -0.2) is 119 Å². The van der Waals surface area contributed by atoms with Crippen LogP contribution < -0.4 is 21.8 Å². The average molecular weight is 861 g/mol. The van der Waals surface area contributed by atoms with E-state index in [1.807, 2.05) is 0 Å². The summed E-state index contributed by atoms with van der Waals surface area (Å²) in [6.45, 7) is 16.9. The smallest absolute Gasteiger partial charge is 0.407 e. The number of aliphatic hydroxyl groups excluding tert-OH is 1. The third-order valence-electron chi connectivity index (χ3n) is 6.19. The van der Waals surface area contributed by atoms with Gasteiger partial charge in [0, 0.05) is 28.8 Å². The van der Waals surface area contributed by atoms with Crippen LogP contribution in [0.2, 0.25) is 0 Å². The number of nitrogens with one attached hydrogen (secondary N) is 3. The minimum absolute atomic E-state index is 0. The number of imide groups is 2. The molecule has 0 atom stereocenters. The second-order valence-corrected chi connectivity index (χ2v) is 14.6. The Kier molecular flexibility index (Phi) is 25.4. The zero-order valence-electron chi connectivity index (χ0n) is 34.4. The van der Waals surface area contributed by atoms with Gasteiger partial charge < -0.3 is 40.1 Å². The molecule has 4 rings (SSSR count). The number of amides is 7. The second-order valence-electron chi connectivity index (χ2n) is 14.6. The Morgan fingerprint density at radius 1 is 0.600 bits per heavy atom. The van der Waals surface area contributed by atoms with Gasteiger partial charge in [-0.15, -0.1) is 10.1 Å². The number of ether oxygens (including phenoxy) is 3. The summed E-state index contributed by atoms with van der Waals surface area (Å²) in [6.07, 6.45) is -1.54. The minimum Gasteiger partial charge on any atom is -0.444 e. The maximum absolute atomic E-state index is 12.0. The van der Waals surface area contributed by atoms with E-state index in [1.54, 1.807) is 98.7 Å². The maximum Gasteiger partial charge on any atom is 0.407 e. The van der Waals surface area contributed by atoms with Crippen LogP contribution in [0.5, 0.6) is 0 Å². The monoisotopic (exact) mass is 860 g/mol. The van der Waals surface area contributed by atoms with Gasteiger partial charge in [0.25, 0.3) is 23.6 Å². The van der Waals surface area contributed by atoms with Gasteiger partial charge in [0.1, 0.15) is 16.8 Å². The summed E-state index contributed by atoms with van der Waals surface area (Å²) in [5.41, 5.74) is -0.393. The molecule has 7 N–H and O–H groups in total. The highest BCUT2D eigenvalue weighted by molar-refractivity contribution is 6.21. The number of hydrogen-bond acceptors (Lipinski definition) is 15. The number of hydrogen-bond donors (Lipinski definition) is 6. The first-order valence-electron chi connectivity index (χ1n) is 17.7. The Morgan fingerprint density at radius 2 is 0.900 bits per heavy atom. The molecular formula is C38H58F2N6O14. The molecule has 2 aromatic carbocycles. The number of benzene rings is 2. The summed E-state index contributed by atoms with van der Waals surface area (Å²) in [5.74, 6) is 2.43. The molecule has 0 aliphatic carbocycles. The number of carbonyl (C=O) groups is 7. The average Bonchev–Trinajstić information content (AvgIpc) is 3.51. The van der Waals surface area contributed by atoms with Crippen LogP contribution in [0.1, 0.15) is 111 Å². The van der Waals surface area contributed by atoms with Crippen molar-refractivity contribution >= 4 is 41.9 Å². The molecule has 2 heterocycles. The number of nitrogens with zero attached hydrogens (tertiary/aromatic N) is 2. The van der Waals surface area contributed by atoms with E-state index in [1.165, 1.54) is 12.1 Å². The number of fused-ring (bicyclic) bond motifs is 2. The molecule has 2 aromatic rings. The molecule has 2 aliphatic rings. The first kappa shape index (κ1) is 56.3. The lowest BCUT2D eigenvalue weighted by Gasteiger charge is -2.20. The van der Waals surface area contributed by atoms with Gasteiger partial charge in [0.15, 0.2) is 0 Å². The van der Waals surface area contributed by atoms with Crippen molar-refractivity contribution in [1.29, 1.82) is 0 Å². The molecule has 20 nitrogen and oxygen atoms in total. The topological polar surface area (TPSA) is 275 Å². The molecule has 2 aliphatic heterocycles. The summed E-state index contributed by atoms with van der Waals surface area (Å²) in [5, 5.41) is 25.4. The van der Waals surface area contributed by atoms with Crippen molar-refractivity contribution in [2.75, 3.05) is 39.5 Å². The molecule has 0 fully saturated rings. The molecule has 0 saturated heterocycles. The van der Waals surface area contributed by atoms with Crippen LogP contribution in [0.3, 0.4) is 0 Å². The van der Waals surface area contributed by atoms with Gasteiger partial charge >= 0.3 is 18.3 Å². The first-order chi connectivity index (χ1) is 27.4. The number of hydroxylamine groups is 4. The molecule has 60 heavy (non-hydrogen) atoms. The normalized spacial score (nSPS) is 12.5. The third-order valence-corrected chi connectivity index (χ3v) is 6.19. The van der Waals surface area contributed by atoms with Gasteiger partial charge in [-0.25, -0.2) is 20.3 Å². The lowest BCUT2D eigenvalue weighted by atomic mass is 10.1. The van der Waals surface area contributed by atoms with Crippen molar-refractivity contribution in [3.05, 3.63) is 70.8 Å². The molecule has 0 unspecified atom stereocenters. The summed E-state index contributed by atoms with van der Waals surface area (Å²) >= 11 is 0. The predicted octanol–water partition coefficient (Wildman–Crippen LogP) is 4.79. The van der Waals surface area contributed by atoms with E-state index in [0.717, 1.165) is 0 Å². The molecule has 338 valence electrons. The van der Waals surface area contributed by atoms with Crippen LogP contribution in [0, 0.1) is 0 Å². The largest absolute Gasteiger partial charge is 0.444 e. The molecular weight excluding hydrogens is 802 g/mol. The molecule has 0 radical (unpaired) electrons. The van der Waals surface area contributed by atoms with Gasteiger partial charge in [-0.05, 0) is 86.6 Å². The Labute approximate surface area is 347 Å². The Bertz CT molecular complexity index is 1640. The van der Waals surface area contributed by atoms with Gasteiger partial charge in [-0.3, -0.25) is 29.2 Å². The van der Waals surface area contributed by atoms with E-state index in [0.29, 0.717) is 22.7 Å². The van der Waals surface area contributed by atoms with E-state index in [4.69, 9.17) is 44.4 Å². The van der Waals surface area contributed by atoms with Gasteiger partial charge in [-0.2, -0.15) is 0 Å². The zero-order valence-corrected chi connectivity index (χ0v) is 34.4. The van der Waals surface area contributed by atoms with Gasteiger partial charge in [0.2, 0.25) is 0 Å². The number of halogens is 2. The van der Waals surface area contributed by atoms with E-state index in [9.17, 15) is 33.6 Å². The van der Waals surface area contributed by atoms with Crippen LogP contribution >= 0.6 is 0 Å². The van der Waals surface area contributed by atoms with Crippen molar-refractivity contribution in [1.82, 2.24) is 26.1 Å². The highest BCUT2D eigenvalue weighted by Crippen LogP contribution is 2.22. The molecule has 7 amide bonds. The van der Waals surface area contributed by atoms with E-state index in [2.05, 4.69) is 20.8 Å². The minimum atomic E-state index is -0.657. The fraction of sp³-hybridized carbons (Fsp3) is 0.500. The molecule has 0 aromatic heterocycles. The fourth-order valence-electron chi connectivity index (χ4n) is 4.06. The van der Waals surface area contributed by atoms with Crippen molar-refractivity contribution in [3.8, 4) is 0 Å². The first-order valence-corrected chi connectivity index (χ1v) is 17.7. The van der Waals surface area contributed by atoms with Crippen LogP contribution in [0.15, 0.2) is 48.5 Å². The quantitative estimate of drug-likeness (QED) is 0.0650. The Morgan fingerprint density at radius 3 is 1.20 bits per heavy atom. The third kappa shape index (κ3) is 21.8. The Hall–Kier alpha value is -5.81. The maximum atomic E-state index is 12.0. The number of rotatable bonds is 9. The van der Waals surface area contributed by atoms with Gasteiger partial charge in [-0.1, -0.05) is 31.7 Å². The van der Waals surface area contributed by atoms with Crippen LogP contribution in [0.4, 0.5) is 23.5 Å². The second kappa shape index (κ2) is 27.0. The molecule has 0 bridgehead atoms. The van der Waals surface area contributed by atoms with Crippen molar-refractivity contribution in [2.45, 2.75) is 86.5 Å². The van der Waals surface area contributed by atoms with E-state index < -0.39 is 58.7 Å². The summed E-state index contributed by atoms with van der Waals surface area (Å²) in [7, 11) is 0. The number of nitrogens with two attached hydrogens (primary N) is 1. The van der Waals surface area contributed by atoms with Crippen molar-refractivity contribution in [3.63, 3.8) is 0 Å². The number of aliphatic hydroxyl groups is 1. The van der Waals surface area contributed by atoms with Crippen molar-refractivity contribution in [2.24, 2.45) is 5.90 Å². The lowest BCUT2D eigenvalue weighted by molar-refractivity contribution is -0.0896. The van der Waals surface area contributed by atoms with E-state index >= 15 is 0 Å².